The van der Waals surface area contributed by atoms with Gasteiger partial charge in [0.15, 0.2) is 5.76 Å². The number of carbonyl (C=O) groups excluding carboxylic acids is 1. The molecule has 1 amide bonds. The van der Waals surface area contributed by atoms with Gasteiger partial charge in [0.1, 0.15) is 11.6 Å². The largest absolute Gasteiger partial charge is 0.356 e. The van der Waals surface area contributed by atoms with E-state index in [1.165, 1.54) is 6.07 Å². The normalized spacial score (nSPS) is 15.0. The van der Waals surface area contributed by atoms with Crippen LogP contribution in [0.2, 0.25) is 0 Å². The topological polar surface area (TPSA) is 55.1 Å². The van der Waals surface area contributed by atoms with E-state index in [0.717, 1.165) is 17.7 Å². The Balaban J connectivity index is 1.58. The molecule has 1 aromatic heterocycles. The summed E-state index contributed by atoms with van der Waals surface area (Å²) in [5, 5.41) is 6.56. The lowest BCUT2D eigenvalue weighted by molar-refractivity contribution is -0.118. The molecular weight excluding hydrogens is 326 g/mol. The predicted molar refractivity (Wildman–Crippen MR) is 87.8 cm³/mol. The van der Waals surface area contributed by atoms with Gasteiger partial charge in [-0.2, -0.15) is 0 Å². The van der Waals surface area contributed by atoms with E-state index in [1.54, 1.807) is 6.07 Å². The Morgan fingerprint density at radius 2 is 1.84 bits per heavy atom. The van der Waals surface area contributed by atoms with E-state index in [0.29, 0.717) is 24.3 Å². The van der Waals surface area contributed by atoms with E-state index in [-0.39, 0.29) is 11.6 Å². The third-order valence-electron chi connectivity index (χ3n) is 4.42. The molecule has 0 aliphatic heterocycles. The molecule has 2 aromatic carbocycles. The molecule has 0 spiro atoms. The van der Waals surface area contributed by atoms with Gasteiger partial charge in [-0.15, -0.1) is 0 Å². The number of nitrogens with one attached hydrogen (secondary N) is 1. The van der Waals surface area contributed by atoms with Crippen LogP contribution in [0.4, 0.5) is 14.5 Å². The number of carbonyl (C=O) groups is 1. The van der Waals surface area contributed by atoms with Crippen molar-refractivity contribution in [2.24, 2.45) is 0 Å². The molecule has 0 radical (unpaired) electrons. The van der Waals surface area contributed by atoms with Crippen molar-refractivity contribution in [2.45, 2.75) is 18.3 Å². The van der Waals surface area contributed by atoms with E-state index >= 15 is 0 Å². The lowest BCUT2D eigenvalue weighted by Gasteiger charge is -2.13. The molecule has 0 atom stereocenters. The maximum absolute atomic E-state index is 13.8. The molecule has 1 fully saturated rings. The van der Waals surface area contributed by atoms with Crippen LogP contribution in [0.5, 0.6) is 0 Å². The van der Waals surface area contributed by atoms with Crippen molar-refractivity contribution in [1.82, 2.24) is 5.16 Å². The first-order valence-corrected chi connectivity index (χ1v) is 7.88. The number of amides is 1. The summed E-state index contributed by atoms with van der Waals surface area (Å²) in [5.41, 5.74) is 0.509. The Morgan fingerprint density at radius 1 is 1.08 bits per heavy atom. The first-order chi connectivity index (χ1) is 12.1. The summed E-state index contributed by atoms with van der Waals surface area (Å²) in [6, 6.07) is 14.2. The Morgan fingerprint density at radius 3 is 2.52 bits per heavy atom. The molecule has 4 rings (SSSR count). The smallest absolute Gasteiger partial charge is 0.236 e. The van der Waals surface area contributed by atoms with Crippen molar-refractivity contribution in [3.05, 3.63) is 71.9 Å². The first kappa shape index (κ1) is 15.5. The standard InChI is InChI=1S/C19H14F2N2O2/c20-13-6-7-15(14(21)10-13)22-18(24)19(8-9-19)17-11-16(25-23-17)12-4-2-1-3-5-12/h1-7,10-11H,8-9H2,(H,22,24). The highest BCUT2D eigenvalue weighted by molar-refractivity contribution is 6.01. The van der Waals surface area contributed by atoms with Crippen molar-refractivity contribution in [3.63, 3.8) is 0 Å². The summed E-state index contributed by atoms with van der Waals surface area (Å²) in [4.78, 5) is 12.6. The van der Waals surface area contributed by atoms with Gasteiger partial charge >= 0.3 is 0 Å². The first-order valence-electron chi connectivity index (χ1n) is 7.88. The minimum atomic E-state index is -0.822. The number of hydrogen-bond donors (Lipinski definition) is 1. The van der Waals surface area contributed by atoms with Crippen LogP contribution in [0.15, 0.2) is 59.1 Å². The minimum absolute atomic E-state index is 0.0514. The van der Waals surface area contributed by atoms with Crippen molar-refractivity contribution in [2.75, 3.05) is 5.32 Å². The fraction of sp³-hybridized carbons (Fsp3) is 0.158. The molecule has 6 heteroatoms. The van der Waals surface area contributed by atoms with Crippen LogP contribution in [0.1, 0.15) is 18.5 Å². The molecule has 1 N–H and O–H groups in total. The van der Waals surface area contributed by atoms with Crippen LogP contribution in [0.25, 0.3) is 11.3 Å². The summed E-state index contributed by atoms with van der Waals surface area (Å²) >= 11 is 0. The fourth-order valence-electron chi connectivity index (χ4n) is 2.80. The number of benzene rings is 2. The summed E-state index contributed by atoms with van der Waals surface area (Å²) in [6.45, 7) is 0. The van der Waals surface area contributed by atoms with Gasteiger partial charge in [0.25, 0.3) is 0 Å². The second-order valence-electron chi connectivity index (χ2n) is 6.10. The van der Waals surface area contributed by atoms with E-state index in [2.05, 4.69) is 10.5 Å². The van der Waals surface area contributed by atoms with Crippen molar-refractivity contribution in [3.8, 4) is 11.3 Å². The molecule has 1 aliphatic carbocycles. The monoisotopic (exact) mass is 340 g/mol. The summed E-state index contributed by atoms with van der Waals surface area (Å²) in [7, 11) is 0. The SMILES string of the molecule is O=C(Nc1ccc(F)cc1F)C1(c2cc(-c3ccccc3)on2)CC1. The number of halogens is 2. The Bertz CT molecular complexity index is 934. The van der Waals surface area contributed by atoms with Gasteiger partial charge in [0.2, 0.25) is 5.91 Å². The average Bonchev–Trinajstić information content (AvgIpc) is 3.28. The number of hydrogen-bond acceptors (Lipinski definition) is 3. The molecule has 3 aromatic rings. The molecule has 25 heavy (non-hydrogen) atoms. The molecule has 126 valence electrons. The average molecular weight is 340 g/mol. The van der Waals surface area contributed by atoms with Crippen LogP contribution in [0, 0.1) is 11.6 Å². The Kier molecular flexibility index (Phi) is 3.60. The van der Waals surface area contributed by atoms with Crippen molar-refractivity contribution < 1.29 is 18.1 Å². The van der Waals surface area contributed by atoms with Gasteiger partial charge in [0, 0.05) is 17.7 Å². The van der Waals surface area contributed by atoms with Crippen LogP contribution in [0.3, 0.4) is 0 Å². The summed E-state index contributed by atoms with van der Waals surface area (Å²) in [6.07, 6.45) is 1.20. The summed E-state index contributed by atoms with van der Waals surface area (Å²) in [5.74, 6) is -1.30. The molecule has 1 saturated carbocycles. The second-order valence-corrected chi connectivity index (χ2v) is 6.10. The van der Waals surface area contributed by atoms with E-state index in [4.69, 9.17) is 4.52 Å². The highest BCUT2D eigenvalue weighted by atomic mass is 19.1. The van der Waals surface area contributed by atoms with E-state index in [1.807, 2.05) is 30.3 Å². The molecule has 1 heterocycles. The minimum Gasteiger partial charge on any atom is -0.356 e. The van der Waals surface area contributed by atoms with Crippen LogP contribution in [-0.4, -0.2) is 11.1 Å². The van der Waals surface area contributed by atoms with Gasteiger partial charge < -0.3 is 9.84 Å². The number of nitrogens with zero attached hydrogens (tertiary/aromatic N) is 1. The van der Waals surface area contributed by atoms with Gasteiger partial charge in [0.05, 0.1) is 16.8 Å². The lowest BCUT2D eigenvalue weighted by Crippen LogP contribution is -2.28. The molecular formula is C19H14F2N2O2. The Labute approximate surface area is 142 Å². The van der Waals surface area contributed by atoms with Gasteiger partial charge in [-0.1, -0.05) is 35.5 Å². The van der Waals surface area contributed by atoms with Crippen molar-refractivity contribution >= 4 is 11.6 Å². The van der Waals surface area contributed by atoms with Gasteiger partial charge in [-0.05, 0) is 25.0 Å². The van der Waals surface area contributed by atoms with Gasteiger partial charge in [-0.25, -0.2) is 8.78 Å². The molecule has 1 aliphatic rings. The molecule has 4 nitrogen and oxygen atoms in total. The fourth-order valence-corrected chi connectivity index (χ4v) is 2.80. The number of rotatable bonds is 4. The highest BCUT2D eigenvalue weighted by Gasteiger charge is 2.54. The quantitative estimate of drug-likeness (QED) is 0.771. The molecule has 0 unspecified atom stereocenters. The van der Waals surface area contributed by atoms with E-state index in [9.17, 15) is 13.6 Å². The van der Waals surface area contributed by atoms with Gasteiger partial charge in [-0.3, -0.25) is 4.79 Å². The number of aromatic nitrogens is 1. The second kappa shape index (κ2) is 5.81. The van der Waals surface area contributed by atoms with E-state index < -0.39 is 17.0 Å². The van der Waals surface area contributed by atoms with Crippen LogP contribution in [-0.2, 0) is 10.2 Å². The zero-order chi connectivity index (χ0) is 17.4. The highest BCUT2D eigenvalue weighted by Crippen LogP contribution is 2.49. The van der Waals surface area contributed by atoms with Crippen molar-refractivity contribution in [1.29, 1.82) is 0 Å². The zero-order valence-corrected chi connectivity index (χ0v) is 13.1. The zero-order valence-electron chi connectivity index (χ0n) is 13.1. The molecule has 0 bridgehead atoms. The third-order valence-corrected chi connectivity index (χ3v) is 4.42. The third kappa shape index (κ3) is 2.80. The lowest BCUT2D eigenvalue weighted by atomic mass is 10.00. The molecule has 0 saturated heterocycles. The maximum Gasteiger partial charge on any atom is 0.236 e. The van der Waals surface area contributed by atoms with Crippen LogP contribution < -0.4 is 5.32 Å². The van der Waals surface area contributed by atoms with Crippen LogP contribution >= 0.6 is 0 Å². The maximum atomic E-state index is 13.8. The predicted octanol–water partition coefficient (Wildman–Crippen LogP) is 4.29. The number of anilines is 1. The Hall–Kier alpha value is -3.02. The summed E-state index contributed by atoms with van der Waals surface area (Å²) < 4.78 is 32.1.